The number of aromatic amines is 1. The largest absolute Gasteiger partial charge is 0.334 e. The van der Waals surface area contributed by atoms with Crippen molar-refractivity contribution in [2.24, 2.45) is 0 Å². The highest BCUT2D eigenvalue weighted by Crippen LogP contribution is 2.29. The van der Waals surface area contributed by atoms with Crippen molar-refractivity contribution in [1.82, 2.24) is 34.7 Å². The van der Waals surface area contributed by atoms with Gasteiger partial charge in [-0.3, -0.25) is 14.1 Å². The molecule has 8 nitrogen and oxygen atoms in total. The lowest BCUT2D eigenvalue weighted by Gasteiger charge is -2.10. The van der Waals surface area contributed by atoms with Gasteiger partial charge in [-0.15, -0.1) is 10.2 Å². The van der Waals surface area contributed by atoms with Crippen LogP contribution in [0.2, 0.25) is 5.15 Å². The Morgan fingerprint density at radius 3 is 2.51 bits per heavy atom. The van der Waals surface area contributed by atoms with E-state index in [4.69, 9.17) is 11.6 Å². The zero-order valence-electron chi connectivity index (χ0n) is 19.2. The van der Waals surface area contributed by atoms with Crippen LogP contribution >= 0.6 is 11.6 Å². The van der Waals surface area contributed by atoms with Crippen molar-refractivity contribution < 1.29 is 0 Å². The summed E-state index contributed by atoms with van der Waals surface area (Å²) in [6.07, 6.45) is 6.20. The van der Waals surface area contributed by atoms with E-state index < -0.39 is 0 Å². The van der Waals surface area contributed by atoms with Crippen LogP contribution in [-0.4, -0.2) is 34.7 Å². The first-order valence-corrected chi connectivity index (χ1v) is 11.9. The normalized spacial score (nSPS) is 11.1. The van der Waals surface area contributed by atoms with E-state index in [-0.39, 0.29) is 5.69 Å². The molecular weight excluding hydrogens is 462 g/mol. The molecular formula is C26H24ClN7O. The Balaban J connectivity index is 1.49. The van der Waals surface area contributed by atoms with Gasteiger partial charge >= 0.3 is 5.69 Å². The molecule has 1 N–H and O–H groups in total. The highest BCUT2D eigenvalue weighted by atomic mass is 35.5. The summed E-state index contributed by atoms with van der Waals surface area (Å²) in [5.41, 5.74) is 5.20. The SMILES string of the molecule is CCCCc1c(Cl)n(-c2ccccc2)c(=O)n1Cc1ccc(-c2cnccc2-c2nn[nH]n2)cc1. The van der Waals surface area contributed by atoms with Crippen LogP contribution in [0.1, 0.15) is 31.0 Å². The number of halogens is 1. The Hall–Kier alpha value is -4.04. The van der Waals surface area contributed by atoms with Gasteiger partial charge in [0.1, 0.15) is 5.15 Å². The summed E-state index contributed by atoms with van der Waals surface area (Å²) < 4.78 is 3.38. The molecule has 5 rings (SSSR count). The summed E-state index contributed by atoms with van der Waals surface area (Å²) in [6.45, 7) is 2.56. The van der Waals surface area contributed by atoms with E-state index in [1.54, 1.807) is 21.5 Å². The fourth-order valence-electron chi connectivity index (χ4n) is 4.17. The van der Waals surface area contributed by atoms with Gasteiger partial charge < -0.3 is 0 Å². The number of pyridine rings is 1. The number of nitrogens with zero attached hydrogens (tertiary/aromatic N) is 6. The molecule has 5 aromatic rings. The average Bonchev–Trinajstić information content (AvgIpc) is 3.51. The van der Waals surface area contributed by atoms with Gasteiger partial charge in [-0.1, -0.05) is 67.4 Å². The molecule has 0 saturated carbocycles. The van der Waals surface area contributed by atoms with E-state index in [2.05, 4.69) is 32.5 Å². The first-order valence-electron chi connectivity index (χ1n) is 11.5. The Bertz CT molecular complexity index is 1470. The molecule has 0 atom stereocenters. The van der Waals surface area contributed by atoms with E-state index in [1.807, 2.05) is 60.7 Å². The van der Waals surface area contributed by atoms with Crippen molar-refractivity contribution in [3.63, 3.8) is 0 Å². The lowest BCUT2D eigenvalue weighted by Crippen LogP contribution is -2.24. The van der Waals surface area contributed by atoms with E-state index in [1.165, 1.54) is 0 Å². The summed E-state index contributed by atoms with van der Waals surface area (Å²) in [5, 5.41) is 14.8. The van der Waals surface area contributed by atoms with Crippen LogP contribution in [-0.2, 0) is 13.0 Å². The van der Waals surface area contributed by atoms with Gasteiger partial charge in [0.05, 0.1) is 17.9 Å². The van der Waals surface area contributed by atoms with Gasteiger partial charge in [-0.05, 0) is 47.4 Å². The lowest BCUT2D eigenvalue weighted by atomic mass is 10.0. The number of imidazole rings is 1. The number of unbranched alkanes of at least 4 members (excludes halogenated alkanes) is 1. The van der Waals surface area contributed by atoms with Crippen LogP contribution in [0.15, 0.2) is 77.9 Å². The van der Waals surface area contributed by atoms with Crippen LogP contribution in [0.4, 0.5) is 0 Å². The van der Waals surface area contributed by atoms with Crippen LogP contribution in [0.5, 0.6) is 0 Å². The third-order valence-electron chi connectivity index (χ3n) is 5.98. The number of H-pyrrole nitrogens is 1. The smallest absolute Gasteiger partial charge is 0.290 e. The van der Waals surface area contributed by atoms with Crippen LogP contribution in [0.25, 0.3) is 28.2 Å². The zero-order valence-corrected chi connectivity index (χ0v) is 20.0. The van der Waals surface area contributed by atoms with Crippen molar-refractivity contribution in [1.29, 1.82) is 0 Å². The molecule has 0 amide bonds. The number of hydrogen-bond acceptors (Lipinski definition) is 5. The van der Waals surface area contributed by atoms with Crippen molar-refractivity contribution >= 4 is 11.6 Å². The molecule has 2 aromatic carbocycles. The van der Waals surface area contributed by atoms with E-state index in [0.29, 0.717) is 17.5 Å². The lowest BCUT2D eigenvalue weighted by molar-refractivity contribution is 0.674. The molecule has 0 fully saturated rings. The fraction of sp³-hybridized carbons (Fsp3) is 0.192. The number of tetrazole rings is 1. The Morgan fingerprint density at radius 2 is 1.80 bits per heavy atom. The standard InChI is InChI=1S/C26H24ClN7O/c1-2-3-9-23-24(27)34(20-7-5-4-6-8-20)26(35)33(23)17-18-10-12-19(13-11-18)22-16-28-15-14-21(22)25-29-31-32-30-25/h4-8,10-16H,2-3,9,17H2,1H3,(H,29,30,31,32). The average molecular weight is 486 g/mol. The summed E-state index contributed by atoms with van der Waals surface area (Å²) in [6, 6.07) is 19.5. The summed E-state index contributed by atoms with van der Waals surface area (Å²) in [5.74, 6) is 0.510. The van der Waals surface area contributed by atoms with Gasteiger partial charge in [0, 0.05) is 23.5 Å². The van der Waals surface area contributed by atoms with Crippen LogP contribution in [0, 0.1) is 0 Å². The maximum Gasteiger partial charge on any atom is 0.334 e. The molecule has 3 aromatic heterocycles. The Labute approximate surface area is 207 Å². The number of aromatic nitrogens is 7. The molecule has 0 spiro atoms. The van der Waals surface area contributed by atoms with E-state index >= 15 is 0 Å². The van der Waals surface area contributed by atoms with Crippen LogP contribution < -0.4 is 5.69 Å². The molecule has 3 heterocycles. The topological polar surface area (TPSA) is 94.3 Å². The molecule has 0 aliphatic carbocycles. The summed E-state index contributed by atoms with van der Waals surface area (Å²) in [7, 11) is 0. The summed E-state index contributed by atoms with van der Waals surface area (Å²) in [4.78, 5) is 17.7. The predicted octanol–water partition coefficient (Wildman–Crippen LogP) is 4.93. The molecule has 0 bridgehead atoms. The number of hydrogen-bond donors (Lipinski definition) is 1. The van der Waals surface area contributed by atoms with Crippen molar-refractivity contribution in [2.75, 3.05) is 0 Å². The van der Waals surface area contributed by atoms with Gasteiger partial charge in [0.25, 0.3) is 0 Å². The molecule has 0 unspecified atom stereocenters. The van der Waals surface area contributed by atoms with Gasteiger partial charge in [0.15, 0.2) is 0 Å². The third kappa shape index (κ3) is 4.52. The Morgan fingerprint density at radius 1 is 1.00 bits per heavy atom. The minimum Gasteiger partial charge on any atom is -0.290 e. The van der Waals surface area contributed by atoms with Crippen molar-refractivity contribution in [3.05, 3.63) is 100.0 Å². The molecule has 0 aliphatic rings. The van der Waals surface area contributed by atoms with Crippen LogP contribution in [0.3, 0.4) is 0 Å². The molecule has 176 valence electrons. The molecule has 9 heteroatoms. The molecule has 0 aliphatic heterocycles. The monoisotopic (exact) mass is 485 g/mol. The molecule has 35 heavy (non-hydrogen) atoms. The van der Waals surface area contributed by atoms with Crippen molar-refractivity contribution in [3.8, 4) is 28.2 Å². The minimum atomic E-state index is -0.136. The fourth-order valence-corrected chi connectivity index (χ4v) is 4.54. The van der Waals surface area contributed by atoms with E-state index in [9.17, 15) is 4.79 Å². The number of nitrogens with one attached hydrogen (secondary N) is 1. The molecule has 0 saturated heterocycles. The quantitative estimate of drug-likeness (QED) is 0.336. The number of para-hydroxylation sites is 1. The summed E-state index contributed by atoms with van der Waals surface area (Å²) >= 11 is 6.76. The van der Waals surface area contributed by atoms with Gasteiger partial charge in [-0.25, -0.2) is 4.79 Å². The van der Waals surface area contributed by atoms with E-state index in [0.717, 1.165) is 52.9 Å². The molecule has 0 radical (unpaired) electrons. The van der Waals surface area contributed by atoms with Crippen molar-refractivity contribution in [2.45, 2.75) is 32.7 Å². The number of rotatable bonds is 8. The Kier molecular flexibility index (Phi) is 6.54. The van der Waals surface area contributed by atoms with Gasteiger partial charge in [-0.2, -0.15) is 5.21 Å². The first-order chi connectivity index (χ1) is 17.2. The predicted molar refractivity (Wildman–Crippen MR) is 136 cm³/mol. The minimum absolute atomic E-state index is 0.136. The zero-order chi connectivity index (χ0) is 24.2. The maximum absolute atomic E-state index is 13.5. The highest BCUT2D eigenvalue weighted by molar-refractivity contribution is 6.30. The number of benzene rings is 2. The second-order valence-corrected chi connectivity index (χ2v) is 8.59. The second-order valence-electron chi connectivity index (χ2n) is 8.23. The first kappa shape index (κ1) is 22.7. The highest BCUT2D eigenvalue weighted by Gasteiger charge is 2.19. The third-order valence-corrected chi connectivity index (χ3v) is 6.36. The second kappa shape index (κ2) is 10.1. The van der Waals surface area contributed by atoms with Gasteiger partial charge in [0.2, 0.25) is 5.82 Å². The maximum atomic E-state index is 13.5.